The molecule has 2 aliphatic carbocycles. The van der Waals surface area contributed by atoms with E-state index in [2.05, 4.69) is 199 Å². The van der Waals surface area contributed by atoms with E-state index in [1.165, 1.54) is 110 Å². The number of rotatable bonds is 2. The first kappa shape index (κ1) is 33.7. The van der Waals surface area contributed by atoms with Crippen LogP contribution in [0.2, 0.25) is 0 Å². The van der Waals surface area contributed by atoms with E-state index in [-0.39, 0.29) is 10.8 Å². The van der Waals surface area contributed by atoms with E-state index in [0.717, 1.165) is 0 Å². The van der Waals surface area contributed by atoms with E-state index >= 15 is 0 Å². The molecule has 0 bridgehead atoms. The van der Waals surface area contributed by atoms with Crippen molar-refractivity contribution in [1.29, 1.82) is 0 Å². The summed E-state index contributed by atoms with van der Waals surface area (Å²) in [6.07, 6.45) is 0. The van der Waals surface area contributed by atoms with Gasteiger partial charge in [0.25, 0.3) is 0 Å². The molecule has 0 saturated carbocycles. The van der Waals surface area contributed by atoms with Gasteiger partial charge in [-0.05, 0) is 123 Å². The van der Waals surface area contributed by atoms with Crippen molar-refractivity contribution in [3.05, 3.63) is 191 Å². The minimum Gasteiger partial charge on any atom is -0.0888 e. The third-order valence-electron chi connectivity index (χ3n) is 12.8. The van der Waals surface area contributed by atoms with Crippen LogP contribution in [0.5, 0.6) is 0 Å². The van der Waals surface area contributed by atoms with Crippen molar-refractivity contribution in [2.24, 2.45) is 0 Å². The Bertz CT molecular complexity index is 2880. The van der Waals surface area contributed by atoms with E-state index in [0.29, 0.717) is 0 Å². The highest BCUT2D eigenvalue weighted by Gasteiger charge is 2.52. The molecule has 270 valence electrons. The number of hydrogen-bond acceptors (Lipinski definition) is 1. The highest BCUT2D eigenvalue weighted by atomic mass is 32.2. The van der Waals surface area contributed by atoms with Crippen LogP contribution >= 0.6 is 11.8 Å². The maximum Gasteiger partial charge on any atom is 0.0725 e. The van der Waals surface area contributed by atoms with Gasteiger partial charge in [-0.1, -0.05) is 193 Å². The van der Waals surface area contributed by atoms with Crippen LogP contribution in [0.3, 0.4) is 0 Å². The highest BCUT2D eigenvalue weighted by molar-refractivity contribution is 7.99. The molecule has 0 N–H and O–H groups in total. The Kier molecular flexibility index (Phi) is 7.04. The Hall–Kier alpha value is -5.63. The van der Waals surface area contributed by atoms with Crippen molar-refractivity contribution in [3.8, 4) is 55.6 Å². The molecule has 0 radical (unpaired) electrons. The molecular weight excluding hydrogens is 693 g/mol. The van der Waals surface area contributed by atoms with E-state index < -0.39 is 5.41 Å². The predicted octanol–water partition coefficient (Wildman–Crippen LogP) is 15.2. The minimum absolute atomic E-state index is 0.0274. The fraction of sp³-hybridized carbons (Fsp3) is 0.164. The Morgan fingerprint density at radius 3 is 1.55 bits per heavy atom. The van der Waals surface area contributed by atoms with Gasteiger partial charge in [0, 0.05) is 15.2 Å². The van der Waals surface area contributed by atoms with Crippen molar-refractivity contribution >= 4 is 22.5 Å². The van der Waals surface area contributed by atoms with E-state index in [9.17, 15) is 0 Å². The molecule has 1 aliphatic heterocycles. The SMILES string of the molecule is CC(C)(C)c1ccc2c(c1)C1(c3ccccc3-c3ccc(-c4ccc(-c5ccc6c7c(cccc57)-c5ccccc5S6)cc4)cc31)c1cc(C(C)(C)C)ccc1-2. The molecule has 0 aromatic heterocycles. The van der Waals surface area contributed by atoms with Crippen LogP contribution in [0.1, 0.15) is 74.9 Å². The molecule has 0 fully saturated rings. The molecule has 1 heteroatoms. The quantitative estimate of drug-likeness (QED) is 0.170. The van der Waals surface area contributed by atoms with Gasteiger partial charge in [-0.3, -0.25) is 0 Å². The Labute approximate surface area is 335 Å². The summed E-state index contributed by atoms with van der Waals surface area (Å²) in [7, 11) is 0. The van der Waals surface area contributed by atoms with Crippen molar-refractivity contribution in [1.82, 2.24) is 0 Å². The number of hydrogen-bond donors (Lipinski definition) is 0. The second kappa shape index (κ2) is 11.7. The first-order valence-corrected chi connectivity index (χ1v) is 20.8. The molecule has 1 heterocycles. The molecule has 56 heavy (non-hydrogen) atoms. The Morgan fingerprint density at radius 2 is 0.875 bits per heavy atom. The number of benzene rings is 8. The monoisotopic (exact) mass is 736 g/mol. The summed E-state index contributed by atoms with van der Waals surface area (Å²) >= 11 is 1.89. The van der Waals surface area contributed by atoms with Crippen LogP contribution in [0, 0.1) is 0 Å². The summed E-state index contributed by atoms with van der Waals surface area (Å²) in [4.78, 5) is 2.67. The van der Waals surface area contributed by atoms with Gasteiger partial charge in [0.05, 0.1) is 5.41 Å². The standard InChI is InChI=1S/C55H44S/c1-53(2,3)36-23-26-41-42-27-24-37(54(4,5)6)32-49(42)55(48(41)31-36)46-16-9-7-12-39(46)40-25-22-35(30-47(40)55)33-18-20-34(21-19-33)38-28-29-51-52-44(38)14-11-15-45(52)43-13-8-10-17-50(43)56-51/h7-32H,1-6H3. The second-order valence-corrected chi connectivity index (χ2v) is 19.2. The van der Waals surface area contributed by atoms with Crippen molar-refractivity contribution in [2.75, 3.05) is 0 Å². The zero-order valence-electron chi connectivity index (χ0n) is 32.9. The normalized spacial score (nSPS) is 14.3. The molecule has 0 saturated heterocycles. The molecule has 0 amide bonds. The lowest BCUT2D eigenvalue weighted by atomic mass is 9.68. The highest BCUT2D eigenvalue weighted by Crippen LogP contribution is 2.64. The van der Waals surface area contributed by atoms with Gasteiger partial charge >= 0.3 is 0 Å². The molecule has 0 unspecified atom stereocenters. The van der Waals surface area contributed by atoms with Crippen LogP contribution in [-0.4, -0.2) is 0 Å². The fourth-order valence-corrected chi connectivity index (χ4v) is 11.1. The minimum atomic E-state index is -0.408. The molecule has 3 aliphatic rings. The van der Waals surface area contributed by atoms with E-state index in [4.69, 9.17) is 0 Å². The Morgan fingerprint density at radius 1 is 0.357 bits per heavy atom. The zero-order valence-corrected chi connectivity index (χ0v) is 33.7. The molecule has 0 nitrogen and oxygen atoms in total. The summed E-state index contributed by atoms with van der Waals surface area (Å²) < 4.78 is 0. The lowest BCUT2D eigenvalue weighted by molar-refractivity contribution is 0.586. The van der Waals surface area contributed by atoms with Gasteiger partial charge < -0.3 is 0 Å². The topological polar surface area (TPSA) is 0 Å². The van der Waals surface area contributed by atoms with Crippen LogP contribution in [0.15, 0.2) is 168 Å². The molecule has 1 spiro atoms. The summed E-state index contributed by atoms with van der Waals surface area (Å²) in [5.41, 5.74) is 21.1. The number of fused-ring (bicyclic) bond motifs is 12. The predicted molar refractivity (Wildman–Crippen MR) is 238 cm³/mol. The third kappa shape index (κ3) is 4.68. The summed E-state index contributed by atoms with van der Waals surface area (Å²) in [5, 5.41) is 2.68. The van der Waals surface area contributed by atoms with Crippen LogP contribution in [0.25, 0.3) is 66.4 Å². The summed E-state index contributed by atoms with van der Waals surface area (Å²) in [6.45, 7) is 14.0. The van der Waals surface area contributed by atoms with Gasteiger partial charge in [0.1, 0.15) is 0 Å². The third-order valence-corrected chi connectivity index (χ3v) is 14.0. The van der Waals surface area contributed by atoms with Crippen molar-refractivity contribution < 1.29 is 0 Å². The molecule has 8 aromatic rings. The molecular formula is C55H44S. The summed E-state index contributed by atoms with van der Waals surface area (Å²) in [5.74, 6) is 0. The average molecular weight is 737 g/mol. The largest absolute Gasteiger partial charge is 0.0888 e. The van der Waals surface area contributed by atoms with Crippen molar-refractivity contribution in [3.63, 3.8) is 0 Å². The first-order valence-electron chi connectivity index (χ1n) is 20.0. The lowest BCUT2D eigenvalue weighted by Gasteiger charge is -2.33. The van der Waals surface area contributed by atoms with Crippen LogP contribution in [-0.2, 0) is 16.2 Å². The zero-order chi connectivity index (χ0) is 38.1. The average Bonchev–Trinajstić information content (AvgIpc) is 3.67. The maximum atomic E-state index is 2.54. The smallest absolute Gasteiger partial charge is 0.0725 e. The van der Waals surface area contributed by atoms with Gasteiger partial charge in [-0.15, -0.1) is 0 Å². The second-order valence-electron chi connectivity index (χ2n) is 18.1. The lowest BCUT2D eigenvalue weighted by Crippen LogP contribution is -2.27. The van der Waals surface area contributed by atoms with Gasteiger partial charge in [0.2, 0.25) is 0 Å². The molecule has 8 aromatic carbocycles. The summed E-state index contributed by atoms with van der Waals surface area (Å²) in [6, 6.07) is 60.6. The maximum absolute atomic E-state index is 2.54. The van der Waals surface area contributed by atoms with Crippen molar-refractivity contribution in [2.45, 2.75) is 67.6 Å². The molecule has 11 rings (SSSR count). The van der Waals surface area contributed by atoms with E-state index in [1.807, 2.05) is 11.8 Å². The van der Waals surface area contributed by atoms with Gasteiger partial charge in [-0.25, -0.2) is 0 Å². The van der Waals surface area contributed by atoms with Gasteiger partial charge in [0.15, 0.2) is 0 Å². The first-order chi connectivity index (χ1) is 27.0. The fourth-order valence-electron chi connectivity index (χ4n) is 9.97. The van der Waals surface area contributed by atoms with Crippen LogP contribution in [0.4, 0.5) is 0 Å². The van der Waals surface area contributed by atoms with E-state index in [1.54, 1.807) is 0 Å². The van der Waals surface area contributed by atoms with Crippen LogP contribution < -0.4 is 0 Å². The molecule has 0 atom stereocenters. The Balaban J connectivity index is 1.09. The van der Waals surface area contributed by atoms with Gasteiger partial charge in [-0.2, -0.15) is 0 Å².